The van der Waals surface area contributed by atoms with Crippen LogP contribution in [0.2, 0.25) is 0 Å². The van der Waals surface area contributed by atoms with Crippen LogP contribution in [0.5, 0.6) is 0 Å². The average Bonchev–Trinajstić information content (AvgIpc) is 2.72. The monoisotopic (exact) mass is 448 g/mol. The number of ketones is 2. The molecule has 0 radical (unpaired) electrons. The fourth-order valence-electron chi connectivity index (χ4n) is 3.51. The van der Waals surface area contributed by atoms with Gasteiger partial charge in [0.2, 0.25) is 0 Å². The Morgan fingerprint density at radius 2 is 1.50 bits per heavy atom. The first-order chi connectivity index (χ1) is 14.6. The first kappa shape index (κ1) is 23.5. The predicted molar refractivity (Wildman–Crippen MR) is 103 cm³/mol. The molecule has 0 saturated carbocycles. The van der Waals surface area contributed by atoms with E-state index in [4.69, 9.17) is 5.73 Å². The van der Waals surface area contributed by atoms with Gasteiger partial charge in [-0.15, -0.1) is 0 Å². The van der Waals surface area contributed by atoms with Crippen LogP contribution in [0.1, 0.15) is 47.8 Å². The summed E-state index contributed by atoms with van der Waals surface area (Å²) in [6, 6.07) is 11.0. The second kappa shape index (κ2) is 8.42. The maximum absolute atomic E-state index is 13.1. The molecule has 4 rings (SSSR count). The number of aromatic carboxylic acids is 1. The smallest absolute Gasteiger partial charge is 0.545 e. The Hall–Kier alpha value is -3.14. The number of carbonyl (C=O) groups is 3. The number of hydrogen-bond acceptors (Lipinski definition) is 6. The van der Waals surface area contributed by atoms with Gasteiger partial charge in [-0.25, -0.2) is 0 Å². The molecule has 0 spiro atoms. The number of carboxylic acid groups (broad SMARTS) is 1. The van der Waals surface area contributed by atoms with E-state index in [2.05, 4.69) is 5.32 Å². The van der Waals surface area contributed by atoms with Gasteiger partial charge >= 0.3 is 35.7 Å². The van der Waals surface area contributed by atoms with Crippen molar-refractivity contribution in [2.75, 3.05) is 11.1 Å². The van der Waals surface area contributed by atoms with Crippen LogP contribution in [-0.2, 0) is 6.18 Å². The molecule has 0 saturated heterocycles. The summed E-state index contributed by atoms with van der Waals surface area (Å²) >= 11 is 0. The number of halogens is 3. The van der Waals surface area contributed by atoms with Gasteiger partial charge in [-0.2, -0.15) is 13.2 Å². The standard InChI is InChI=1S/C22H13F3N2O4.Na/c23-22(24,25)10-4-3-5-11(8-10)27-15-9-14(21(30)31)18(26)17-16(15)19(28)12-6-1-2-7-13(12)20(17)29;/h1-9,27H,26H2,(H,30,31);/q;+1/p-1. The van der Waals surface area contributed by atoms with Crippen molar-refractivity contribution in [2.24, 2.45) is 0 Å². The molecule has 0 aromatic heterocycles. The van der Waals surface area contributed by atoms with E-state index in [1.807, 2.05) is 0 Å². The van der Waals surface area contributed by atoms with Crippen molar-refractivity contribution in [3.05, 3.63) is 88.0 Å². The quantitative estimate of drug-likeness (QED) is 0.342. The Labute approximate surface area is 201 Å². The summed E-state index contributed by atoms with van der Waals surface area (Å²) < 4.78 is 39.2. The molecule has 0 heterocycles. The van der Waals surface area contributed by atoms with E-state index in [1.165, 1.54) is 24.3 Å². The summed E-state index contributed by atoms with van der Waals surface area (Å²) in [4.78, 5) is 37.7. The summed E-state index contributed by atoms with van der Waals surface area (Å²) in [7, 11) is 0. The van der Waals surface area contributed by atoms with Crippen molar-refractivity contribution in [1.29, 1.82) is 0 Å². The molecule has 0 atom stereocenters. The third-order valence-electron chi connectivity index (χ3n) is 4.93. The van der Waals surface area contributed by atoms with E-state index in [-0.39, 0.29) is 63.2 Å². The number of nitrogen functional groups attached to an aromatic ring is 1. The molecule has 3 N–H and O–H groups in total. The summed E-state index contributed by atoms with van der Waals surface area (Å²) in [5, 5.41) is 14.2. The van der Waals surface area contributed by atoms with Gasteiger partial charge in [0.1, 0.15) is 0 Å². The van der Waals surface area contributed by atoms with Crippen LogP contribution in [-0.4, -0.2) is 17.5 Å². The van der Waals surface area contributed by atoms with Crippen molar-refractivity contribution in [3.8, 4) is 0 Å². The van der Waals surface area contributed by atoms with Crippen molar-refractivity contribution in [3.63, 3.8) is 0 Å². The fourth-order valence-corrected chi connectivity index (χ4v) is 3.51. The molecule has 3 aromatic rings. The molecule has 32 heavy (non-hydrogen) atoms. The molecular weight excluding hydrogens is 436 g/mol. The predicted octanol–water partition coefficient (Wildman–Crippen LogP) is 0.174. The third-order valence-corrected chi connectivity index (χ3v) is 4.93. The molecule has 10 heteroatoms. The summed E-state index contributed by atoms with van der Waals surface area (Å²) in [5.74, 6) is -2.99. The zero-order chi connectivity index (χ0) is 22.5. The zero-order valence-corrected chi connectivity index (χ0v) is 18.5. The number of carboxylic acids is 1. The van der Waals surface area contributed by atoms with Crippen LogP contribution in [0.3, 0.4) is 0 Å². The fraction of sp³-hybridized carbons (Fsp3) is 0.0455. The minimum absolute atomic E-state index is 0. The molecule has 0 fully saturated rings. The molecule has 0 aliphatic heterocycles. The molecule has 3 aromatic carbocycles. The summed E-state index contributed by atoms with van der Waals surface area (Å²) in [5.41, 5.74) is 3.27. The van der Waals surface area contributed by atoms with E-state index in [1.54, 1.807) is 6.07 Å². The van der Waals surface area contributed by atoms with Crippen LogP contribution in [0.4, 0.5) is 30.2 Å². The largest absolute Gasteiger partial charge is 1.00 e. The molecule has 1 aliphatic carbocycles. The van der Waals surface area contributed by atoms with Gasteiger partial charge in [0, 0.05) is 22.4 Å². The van der Waals surface area contributed by atoms with E-state index in [0.717, 1.165) is 24.3 Å². The molecular formula is C22H12F3N2NaO4. The number of alkyl halides is 3. The summed E-state index contributed by atoms with van der Waals surface area (Å²) in [6.45, 7) is 0. The minimum atomic E-state index is -4.61. The van der Waals surface area contributed by atoms with Gasteiger partial charge in [0.15, 0.2) is 11.6 Å². The molecule has 0 bridgehead atoms. The second-order valence-corrected chi connectivity index (χ2v) is 6.83. The normalized spacial score (nSPS) is 12.5. The number of nitrogens with two attached hydrogens (primary N) is 1. The number of benzene rings is 3. The van der Waals surface area contributed by atoms with Crippen molar-refractivity contribution in [1.82, 2.24) is 0 Å². The molecule has 1 aliphatic rings. The van der Waals surface area contributed by atoms with Gasteiger partial charge in [-0.05, 0) is 24.3 Å². The van der Waals surface area contributed by atoms with E-state index < -0.39 is 40.5 Å². The van der Waals surface area contributed by atoms with Crippen LogP contribution in [0.15, 0.2) is 54.6 Å². The van der Waals surface area contributed by atoms with Crippen molar-refractivity contribution in [2.45, 2.75) is 6.18 Å². The zero-order valence-electron chi connectivity index (χ0n) is 16.5. The number of anilines is 3. The van der Waals surface area contributed by atoms with Crippen LogP contribution >= 0.6 is 0 Å². The first-order valence-electron chi connectivity index (χ1n) is 8.90. The SMILES string of the molecule is Nc1c(C(=O)[O-])cc(Nc2cccc(C(F)(F)F)c2)c2c1C(=O)c1ccccc1C2=O.[Na+]. The Morgan fingerprint density at radius 1 is 0.906 bits per heavy atom. The van der Waals surface area contributed by atoms with E-state index in [0.29, 0.717) is 0 Å². The van der Waals surface area contributed by atoms with Gasteiger partial charge in [0.25, 0.3) is 0 Å². The number of fused-ring (bicyclic) bond motifs is 2. The van der Waals surface area contributed by atoms with Crippen molar-refractivity contribution < 1.29 is 62.2 Å². The molecule has 156 valence electrons. The maximum Gasteiger partial charge on any atom is 1.00 e. The van der Waals surface area contributed by atoms with E-state index in [9.17, 15) is 32.7 Å². The number of carbonyl (C=O) groups excluding carboxylic acids is 3. The third kappa shape index (κ3) is 3.90. The van der Waals surface area contributed by atoms with Gasteiger partial charge in [0.05, 0.1) is 34.0 Å². The van der Waals surface area contributed by atoms with Crippen LogP contribution in [0, 0.1) is 0 Å². The Bertz CT molecular complexity index is 1290. The number of hydrogen-bond donors (Lipinski definition) is 2. The number of rotatable bonds is 3. The Kier molecular flexibility index (Phi) is 6.19. The molecule has 0 unspecified atom stereocenters. The second-order valence-electron chi connectivity index (χ2n) is 6.83. The molecule has 0 amide bonds. The Balaban J connectivity index is 0.00000289. The first-order valence-corrected chi connectivity index (χ1v) is 8.90. The van der Waals surface area contributed by atoms with Crippen molar-refractivity contribution >= 4 is 34.6 Å². The van der Waals surface area contributed by atoms with Crippen LogP contribution < -0.4 is 45.7 Å². The van der Waals surface area contributed by atoms with E-state index >= 15 is 0 Å². The average molecular weight is 448 g/mol. The van der Waals surface area contributed by atoms with Crippen LogP contribution in [0.25, 0.3) is 0 Å². The van der Waals surface area contributed by atoms with Gasteiger partial charge in [-0.3, -0.25) is 9.59 Å². The van der Waals surface area contributed by atoms with Gasteiger partial charge in [-0.1, -0.05) is 30.3 Å². The van der Waals surface area contributed by atoms with Gasteiger partial charge < -0.3 is 21.0 Å². The number of nitrogens with one attached hydrogen (secondary N) is 1. The topological polar surface area (TPSA) is 112 Å². The Morgan fingerprint density at radius 3 is 2.06 bits per heavy atom. The maximum atomic E-state index is 13.1. The summed E-state index contributed by atoms with van der Waals surface area (Å²) in [6.07, 6.45) is -4.61. The minimum Gasteiger partial charge on any atom is -0.545 e. The molecule has 6 nitrogen and oxygen atoms in total.